The lowest BCUT2D eigenvalue weighted by Crippen LogP contribution is -2.16. The number of aromatic nitrogens is 1. The zero-order valence-corrected chi connectivity index (χ0v) is 6.64. The van der Waals surface area contributed by atoms with Crippen LogP contribution in [0.3, 0.4) is 0 Å². The summed E-state index contributed by atoms with van der Waals surface area (Å²) in [7, 11) is 0. The van der Waals surface area contributed by atoms with Gasteiger partial charge in [-0.05, 0) is 12.1 Å². The van der Waals surface area contributed by atoms with Gasteiger partial charge in [-0.3, -0.25) is 9.78 Å². The van der Waals surface area contributed by atoms with Crippen molar-refractivity contribution in [3.8, 4) is 0 Å². The molecule has 0 aliphatic rings. The lowest BCUT2D eigenvalue weighted by Gasteiger charge is -1.98. The molecule has 13 heavy (non-hydrogen) atoms. The van der Waals surface area contributed by atoms with Gasteiger partial charge in [0.05, 0.1) is 0 Å². The first-order valence-corrected chi connectivity index (χ1v) is 3.39. The van der Waals surface area contributed by atoms with Gasteiger partial charge < -0.3 is 16.7 Å². The fourth-order valence-corrected chi connectivity index (χ4v) is 0.749. The van der Waals surface area contributed by atoms with Crippen LogP contribution in [0.15, 0.2) is 23.5 Å². The Balaban J connectivity index is 3.00. The Bertz CT molecular complexity index is 344. The predicted octanol–water partition coefficient (Wildman–Crippen LogP) is -0.725. The van der Waals surface area contributed by atoms with E-state index in [1.165, 1.54) is 18.3 Å². The first-order chi connectivity index (χ1) is 6.15. The van der Waals surface area contributed by atoms with E-state index in [1.54, 1.807) is 0 Å². The third kappa shape index (κ3) is 1.92. The molecule has 1 amide bonds. The second-order valence-corrected chi connectivity index (χ2v) is 2.28. The summed E-state index contributed by atoms with van der Waals surface area (Å²) < 4.78 is 0. The standard InChI is InChI=1S/C7H8N4O2/c8-6(11-13)4-1-2-5(7(9)12)10-3-4/h1-3,13H,(H2,8,11)(H2,9,12). The van der Waals surface area contributed by atoms with Crippen LogP contribution in [0.1, 0.15) is 16.1 Å². The molecule has 5 N–H and O–H groups in total. The minimum absolute atomic E-state index is 0.0662. The number of primary amides is 1. The number of carbonyl (C=O) groups excluding carboxylic acids is 1. The Hall–Kier alpha value is -2.11. The van der Waals surface area contributed by atoms with Crippen molar-refractivity contribution in [2.45, 2.75) is 0 Å². The number of nitrogens with zero attached hydrogens (tertiary/aromatic N) is 2. The molecule has 0 saturated carbocycles. The van der Waals surface area contributed by atoms with Crippen molar-refractivity contribution in [3.63, 3.8) is 0 Å². The molecule has 68 valence electrons. The molecule has 0 aliphatic heterocycles. The topological polar surface area (TPSA) is 115 Å². The molecule has 0 saturated heterocycles. The van der Waals surface area contributed by atoms with Crippen LogP contribution in [-0.2, 0) is 0 Å². The molecule has 6 heteroatoms. The van der Waals surface area contributed by atoms with Gasteiger partial charge in [-0.2, -0.15) is 0 Å². The van der Waals surface area contributed by atoms with Crippen molar-refractivity contribution in [1.82, 2.24) is 4.98 Å². The highest BCUT2D eigenvalue weighted by Crippen LogP contribution is 1.98. The third-order valence-corrected chi connectivity index (χ3v) is 1.42. The molecule has 0 aromatic carbocycles. The number of hydrogen-bond donors (Lipinski definition) is 3. The molecule has 6 nitrogen and oxygen atoms in total. The van der Waals surface area contributed by atoms with Gasteiger partial charge in [0.15, 0.2) is 5.84 Å². The molecule has 1 rings (SSSR count). The van der Waals surface area contributed by atoms with Crippen LogP contribution in [0.25, 0.3) is 0 Å². The van der Waals surface area contributed by atoms with Crippen LogP contribution >= 0.6 is 0 Å². The van der Waals surface area contributed by atoms with Gasteiger partial charge in [-0.15, -0.1) is 0 Å². The van der Waals surface area contributed by atoms with Crippen LogP contribution in [0, 0.1) is 0 Å². The van der Waals surface area contributed by atoms with E-state index in [2.05, 4.69) is 10.1 Å². The van der Waals surface area contributed by atoms with E-state index in [9.17, 15) is 4.79 Å². The number of nitrogens with two attached hydrogens (primary N) is 2. The Morgan fingerprint density at radius 2 is 2.15 bits per heavy atom. The monoisotopic (exact) mass is 180 g/mol. The molecule has 0 unspecified atom stereocenters. The number of amidine groups is 1. The molecular formula is C7H8N4O2. The van der Waals surface area contributed by atoms with Crippen LogP contribution in [0.2, 0.25) is 0 Å². The number of hydrogen-bond acceptors (Lipinski definition) is 4. The quantitative estimate of drug-likeness (QED) is 0.241. The lowest BCUT2D eigenvalue weighted by molar-refractivity contribution is 0.0995. The summed E-state index contributed by atoms with van der Waals surface area (Å²) in [6, 6.07) is 2.89. The minimum Gasteiger partial charge on any atom is -0.409 e. The molecule has 0 bridgehead atoms. The highest BCUT2D eigenvalue weighted by atomic mass is 16.4. The highest BCUT2D eigenvalue weighted by molar-refractivity contribution is 5.97. The van der Waals surface area contributed by atoms with E-state index < -0.39 is 5.91 Å². The van der Waals surface area contributed by atoms with E-state index in [-0.39, 0.29) is 11.5 Å². The second kappa shape index (κ2) is 3.53. The van der Waals surface area contributed by atoms with Crippen molar-refractivity contribution in [2.24, 2.45) is 16.6 Å². The van der Waals surface area contributed by atoms with E-state index >= 15 is 0 Å². The summed E-state index contributed by atoms with van der Waals surface area (Å²) in [5, 5.41) is 11.1. The molecular weight excluding hydrogens is 172 g/mol. The number of oxime groups is 1. The first kappa shape index (κ1) is 8.98. The number of carbonyl (C=O) groups is 1. The zero-order valence-electron chi connectivity index (χ0n) is 6.64. The molecule has 1 aromatic rings. The maximum absolute atomic E-state index is 10.6. The van der Waals surface area contributed by atoms with Crippen molar-refractivity contribution in [2.75, 3.05) is 0 Å². The smallest absolute Gasteiger partial charge is 0.267 e. The molecule has 1 aromatic heterocycles. The average Bonchev–Trinajstić information content (AvgIpc) is 2.17. The summed E-state index contributed by atoms with van der Waals surface area (Å²) in [4.78, 5) is 14.3. The minimum atomic E-state index is -0.619. The van der Waals surface area contributed by atoms with Crippen molar-refractivity contribution >= 4 is 11.7 Å². The fraction of sp³-hybridized carbons (Fsp3) is 0. The van der Waals surface area contributed by atoms with Gasteiger partial charge in [-0.25, -0.2) is 0 Å². The normalized spacial score (nSPS) is 11.2. The molecule has 0 fully saturated rings. The van der Waals surface area contributed by atoms with Gasteiger partial charge in [-0.1, -0.05) is 5.16 Å². The molecule has 0 spiro atoms. The van der Waals surface area contributed by atoms with E-state index in [1.807, 2.05) is 0 Å². The maximum atomic E-state index is 10.6. The van der Waals surface area contributed by atoms with Gasteiger partial charge in [0.25, 0.3) is 5.91 Å². The summed E-state index contributed by atoms with van der Waals surface area (Å²) in [6.07, 6.45) is 1.30. The van der Waals surface area contributed by atoms with Crippen LogP contribution in [-0.4, -0.2) is 21.9 Å². The van der Waals surface area contributed by atoms with Gasteiger partial charge in [0.1, 0.15) is 5.69 Å². The van der Waals surface area contributed by atoms with Crippen molar-refractivity contribution in [1.29, 1.82) is 0 Å². The Morgan fingerprint density at radius 3 is 2.54 bits per heavy atom. The highest BCUT2D eigenvalue weighted by Gasteiger charge is 2.03. The first-order valence-electron chi connectivity index (χ1n) is 3.39. The Morgan fingerprint density at radius 1 is 1.46 bits per heavy atom. The zero-order chi connectivity index (χ0) is 9.84. The molecule has 0 aliphatic carbocycles. The van der Waals surface area contributed by atoms with Gasteiger partial charge >= 0.3 is 0 Å². The van der Waals surface area contributed by atoms with Crippen molar-refractivity contribution < 1.29 is 10.0 Å². The SMILES string of the molecule is NC(=O)c1ccc(C(N)=NO)cn1. The number of amides is 1. The largest absolute Gasteiger partial charge is 0.409 e. The van der Waals surface area contributed by atoms with Gasteiger partial charge in [0, 0.05) is 11.8 Å². The summed E-state index contributed by atoms with van der Waals surface area (Å²) >= 11 is 0. The third-order valence-electron chi connectivity index (χ3n) is 1.42. The Labute approximate surface area is 73.9 Å². The predicted molar refractivity (Wildman–Crippen MR) is 45.3 cm³/mol. The van der Waals surface area contributed by atoms with Crippen LogP contribution < -0.4 is 11.5 Å². The van der Waals surface area contributed by atoms with Gasteiger partial charge in [0.2, 0.25) is 0 Å². The summed E-state index contributed by atoms with van der Waals surface area (Å²) in [5.41, 5.74) is 10.8. The lowest BCUT2D eigenvalue weighted by atomic mass is 10.2. The molecule has 1 heterocycles. The summed E-state index contributed by atoms with van der Waals surface area (Å²) in [6.45, 7) is 0. The molecule has 0 radical (unpaired) electrons. The van der Waals surface area contributed by atoms with Crippen LogP contribution in [0.4, 0.5) is 0 Å². The van der Waals surface area contributed by atoms with Crippen LogP contribution in [0.5, 0.6) is 0 Å². The maximum Gasteiger partial charge on any atom is 0.267 e. The van der Waals surface area contributed by atoms with E-state index in [0.29, 0.717) is 5.56 Å². The average molecular weight is 180 g/mol. The summed E-state index contributed by atoms with van der Waals surface area (Å²) in [5.74, 6) is -0.686. The van der Waals surface area contributed by atoms with Crippen molar-refractivity contribution in [3.05, 3.63) is 29.6 Å². The number of rotatable bonds is 2. The Kier molecular flexibility index (Phi) is 2.44. The number of pyridine rings is 1. The van der Waals surface area contributed by atoms with E-state index in [4.69, 9.17) is 16.7 Å². The fourth-order valence-electron chi connectivity index (χ4n) is 0.749. The molecule has 0 atom stereocenters. The second-order valence-electron chi connectivity index (χ2n) is 2.28. The van der Waals surface area contributed by atoms with E-state index in [0.717, 1.165) is 0 Å².